The van der Waals surface area contributed by atoms with Crippen molar-refractivity contribution in [3.8, 4) is 11.5 Å². The molecule has 2 aliphatic rings. The molecule has 10 heteroatoms. The summed E-state index contributed by atoms with van der Waals surface area (Å²) in [6.45, 7) is 4.16. The molecule has 1 amide bonds. The Kier molecular flexibility index (Phi) is 7.74. The van der Waals surface area contributed by atoms with Crippen molar-refractivity contribution in [2.75, 3.05) is 33.0 Å². The summed E-state index contributed by atoms with van der Waals surface area (Å²) in [6.07, 6.45) is 1.91. The first-order valence-electron chi connectivity index (χ1n) is 14.4. The molecule has 9 nitrogen and oxygen atoms in total. The van der Waals surface area contributed by atoms with Crippen LogP contribution in [0.3, 0.4) is 0 Å². The van der Waals surface area contributed by atoms with E-state index in [1.165, 1.54) is 11.3 Å². The van der Waals surface area contributed by atoms with Crippen molar-refractivity contribution >= 4 is 38.8 Å². The molecule has 3 atom stereocenters. The highest BCUT2D eigenvalue weighted by molar-refractivity contribution is 7.21. The number of methoxy groups -OCH3 is 1. The van der Waals surface area contributed by atoms with Gasteiger partial charge in [0.05, 0.1) is 22.2 Å². The second-order valence-corrected chi connectivity index (χ2v) is 12.7. The highest BCUT2D eigenvalue weighted by Crippen LogP contribution is 2.50. The number of nitrogens with two attached hydrogens (primary N) is 3. The molecule has 0 bridgehead atoms. The molecule has 1 aliphatic heterocycles. The zero-order valence-electron chi connectivity index (χ0n) is 24.6. The fraction of sp³-hybridized carbons (Fsp3) is 0.333. The minimum absolute atomic E-state index is 0.0235. The number of hydrogen-bond donors (Lipinski definition) is 4. The van der Waals surface area contributed by atoms with Crippen molar-refractivity contribution in [2.24, 2.45) is 11.5 Å². The van der Waals surface area contributed by atoms with Crippen LogP contribution < -0.4 is 27.3 Å². The first kappa shape index (κ1) is 29.3. The van der Waals surface area contributed by atoms with Gasteiger partial charge in [0, 0.05) is 36.3 Å². The highest BCUT2D eigenvalue weighted by Gasteiger charge is 2.49. The number of anilines is 1. The van der Waals surface area contributed by atoms with Crippen LogP contribution in [-0.2, 0) is 21.7 Å². The molecule has 3 aromatic carbocycles. The molecule has 1 aromatic heterocycles. The van der Waals surface area contributed by atoms with Gasteiger partial charge in [0.2, 0.25) is 0 Å². The van der Waals surface area contributed by atoms with Gasteiger partial charge < -0.3 is 36.9 Å². The third-order valence-corrected chi connectivity index (χ3v) is 9.80. The van der Waals surface area contributed by atoms with Crippen molar-refractivity contribution in [3.05, 3.63) is 87.3 Å². The van der Waals surface area contributed by atoms with Crippen LogP contribution in [0.5, 0.6) is 11.5 Å². The van der Waals surface area contributed by atoms with Gasteiger partial charge in [-0.25, -0.2) is 0 Å². The Morgan fingerprint density at radius 2 is 1.91 bits per heavy atom. The molecule has 0 spiro atoms. The SMILES string of the molecule is COCc1cccc(Oc2ccc(C3(N)C(=O)C(N)c4c(C(=O)NC5CCCN(C)C5)sc5c(N)ccc3c45)c(C)c2)c1. The topological polar surface area (TPSA) is 146 Å². The van der Waals surface area contributed by atoms with Gasteiger partial charge in [0.1, 0.15) is 17.0 Å². The van der Waals surface area contributed by atoms with Crippen LogP contribution in [0.15, 0.2) is 54.6 Å². The highest BCUT2D eigenvalue weighted by atomic mass is 32.1. The van der Waals surface area contributed by atoms with E-state index in [2.05, 4.69) is 10.2 Å². The molecule has 1 saturated heterocycles. The van der Waals surface area contributed by atoms with E-state index in [0.717, 1.165) is 37.1 Å². The fourth-order valence-corrected chi connectivity index (χ4v) is 7.71. The molecule has 7 N–H and O–H groups in total. The number of thiophene rings is 1. The van der Waals surface area contributed by atoms with Gasteiger partial charge in [-0.2, -0.15) is 0 Å². The number of likely N-dealkylation sites (N-methyl/N-ethyl adjacent to an activating group) is 1. The Bertz CT molecular complexity index is 1740. The van der Waals surface area contributed by atoms with Crippen molar-refractivity contribution in [3.63, 3.8) is 0 Å². The Hall–Kier alpha value is -3.80. The summed E-state index contributed by atoms with van der Waals surface area (Å²) in [5.74, 6) is 0.675. The number of aryl methyl sites for hydroxylation is 1. The summed E-state index contributed by atoms with van der Waals surface area (Å²) in [6, 6.07) is 15.6. The Labute approximate surface area is 254 Å². The quantitative estimate of drug-likeness (QED) is 0.230. The number of rotatable bonds is 7. The van der Waals surface area contributed by atoms with E-state index in [1.807, 2.05) is 50.4 Å². The number of likely N-dealkylation sites (tertiary alicyclic amines) is 1. The molecular weight excluding hydrogens is 562 g/mol. The number of carbonyl (C=O) groups is 2. The van der Waals surface area contributed by atoms with Crippen LogP contribution in [0, 0.1) is 6.92 Å². The first-order valence-corrected chi connectivity index (χ1v) is 15.2. The Morgan fingerprint density at radius 3 is 2.65 bits per heavy atom. The number of nitrogens with zero attached hydrogens (tertiary/aromatic N) is 1. The monoisotopic (exact) mass is 599 g/mol. The summed E-state index contributed by atoms with van der Waals surface area (Å²) in [4.78, 5) is 30.5. The number of hydrogen-bond acceptors (Lipinski definition) is 9. The molecular formula is C33H37N5O4S. The Balaban J connectivity index is 1.39. The van der Waals surface area contributed by atoms with Crippen LogP contribution >= 0.6 is 11.3 Å². The van der Waals surface area contributed by atoms with Gasteiger partial charge in [-0.05, 0) is 85.9 Å². The van der Waals surface area contributed by atoms with Gasteiger partial charge in [-0.3, -0.25) is 9.59 Å². The lowest BCUT2D eigenvalue weighted by molar-refractivity contribution is -0.124. The van der Waals surface area contributed by atoms with Crippen molar-refractivity contribution in [1.82, 2.24) is 10.2 Å². The largest absolute Gasteiger partial charge is 0.457 e. The lowest BCUT2D eigenvalue weighted by Gasteiger charge is -2.37. The third-order valence-electron chi connectivity index (χ3n) is 8.55. The average molecular weight is 600 g/mol. The molecule has 0 saturated carbocycles. The van der Waals surface area contributed by atoms with Crippen molar-refractivity contribution < 1.29 is 19.1 Å². The van der Waals surface area contributed by atoms with E-state index in [9.17, 15) is 9.59 Å². The van der Waals surface area contributed by atoms with Gasteiger partial charge >= 0.3 is 0 Å². The number of amides is 1. The summed E-state index contributed by atoms with van der Waals surface area (Å²) in [5, 5.41) is 3.86. The van der Waals surface area contributed by atoms with Gasteiger partial charge in [-0.1, -0.05) is 24.3 Å². The second-order valence-electron chi connectivity index (χ2n) is 11.6. The van der Waals surface area contributed by atoms with E-state index in [4.69, 9.17) is 26.7 Å². The van der Waals surface area contributed by atoms with Gasteiger partial charge in [-0.15, -0.1) is 11.3 Å². The van der Waals surface area contributed by atoms with Crippen molar-refractivity contribution in [1.29, 1.82) is 0 Å². The summed E-state index contributed by atoms with van der Waals surface area (Å²) < 4.78 is 12.1. The minimum Gasteiger partial charge on any atom is -0.457 e. The summed E-state index contributed by atoms with van der Waals surface area (Å²) in [7, 11) is 3.70. The number of piperidine rings is 1. The number of Topliss-reactive ketones (excluding diaryl/α,β-unsaturated/α-hetero) is 1. The maximum absolute atomic E-state index is 14.2. The van der Waals surface area contributed by atoms with Gasteiger partial charge in [0.25, 0.3) is 5.91 Å². The molecule has 0 radical (unpaired) electrons. The minimum atomic E-state index is -1.54. The number of ketones is 1. The summed E-state index contributed by atoms with van der Waals surface area (Å²) >= 11 is 1.27. The lowest BCUT2D eigenvalue weighted by Crippen LogP contribution is -2.53. The molecule has 1 fully saturated rings. The summed E-state index contributed by atoms with van der Waals surface area (Å²) in [5.41, 5.74) is 22.7. The van der Waals surface area contributed by atoms with Crippen LogP contribution in [0.2, 0.25) is 0 Å². The molecule has 224 valence electrons. The van der Waals surface area contributed by atoms with E-state index in [1.54, 1.807) is 25.3 Å². The number of nitrogen functional groups attached to an aromatic ring is 1. The lowest BCUT2D eigenvalue weighted by atomic mass is 9.69. The number of benzene rings is 3. The van der Waals surface area contributed by atoms with Crippen molar-refractivity contribution in [2.45, 2.75) is 44.0 Å². The molecule has 3 unspecified atom stereocenters. The maximum Gasteiger partial charge on any atom is 0.262 e. The normalized spacial score (nSPS) is 22.1. The molecule has 2 heterocycles. The zero-order chi connectivity index (χ0) is 30.5. The van der Waals surface area contributed by atoms with Crippen LogP contribution in [-0.4, -0.2) is 49.9 Å². The Morgan fingerprint density at radius 1 is 1.14 bits per heavy atom. The number of ether oxygens (including phenoxy) is 2. The first-order chi connectivity index (χ1) is 20.6. The second kappa shape index (κ2) is 11.4. The van der Waals surface area contributed by atoms with Crippen LogP contribution in [0.25, 0.3) is 10.1 Å². The van der Waals surface area contributed by atoms with Crippen LogP contribution in [0.4, 0.5) is 5.69 Å². The van der Waals surface area contributed by atoms with Gasteiger partial charge in [0.15, 0.2) is 5.78 Å². The zero-order valence-corrected chi connectivity index (χ0v) is 25.4. The third kappa shape index (κ3) is 5.09. The smallest absolute Gasteiger partial charge is 0.262 e. The number of carbonyl (C=O) groups excluding carboxylic acids is 2. The van der Waals surface area contributed by atoms with Crippen LogP contribution in [0.1, 0.15) is 56.4 Å². The van der Waals surface area contributed by atoms with E-state index >= 15 is 0 Å². The molecule has 4 aromatic rings. The predicted molar refractivity (Wildman–Crippen MR) is 170 cm³/mol. The molecule has 43 heavy (non-hydrogen) atoms. The molecule has 6 rings (SSSR count). The van der Waals surface area contributed by atoms with E-state index in [-0.39, 0.29) is 17.7 Å². The predicted octanol–water partition coefficient (Wildman–Crippen LogP) is 4.34. The number of nitrogens with one attached hydrogen (secondary N) is 1. The average Bonchev–Trinajstić information content (AvgIpc) is 3.38. The fourth-order valence-electron chi connectivity index (χ4n) is 6.51. The van der Waals surface area contributed by atoms with E-state index < -0.39 is 11.6 Å². The standard InChI is InChI=1S/C33H37N5O4S/c1-18-14-22(42-21-8-4-6-19(15-21)17-41-3)9-10-23(18)33(36)24-11-12-25(34)29-26(24)27(28(35)31(33)39)30(43-29)32(40)37-20-7-5-13-38(2)16-20/h4,6,8-12,14-15,20,28H,5,7,13,16-17,34-36H2,1-3H3,(H,37,40). The molecule has 1 aliphatic carbocycles. The maximum atomic E-state index is 14.2. The van der Waals surface area contributed by atoms with E-state index in [0.29, 0.717) is 55.4 Å².